The predicted octanol–water partition coefficient (Wildman–Crippen LogP) is 2.29. The molecule has 4 N–H and O–H groups in total. The second kappa shape index (κ2) is 8.50. The fraction of sp³-hybridized carbons (Fsp3) is 0.852. The van der Waals surface area contributed by atoms with Crippen molar-refractivity contribution in [2.45, 2.75) is 84.1 Å². The van der Waals surface area contributed by atoms with E-state index in [2.05, 4.69) is 6.92 Å². The van der Waals surface area contributed by atoms with Gasteiger partial charge in [-0.1, -0.05) is 38.8 Å². The molecule has 12 atom stereocenters. The van der Waals surface area contributed by atoms with Crippen LogP contribution < -0.4 is 0 Å². The third-order valence-corrected chi connectivity index (χ3v) is 10.8. The summed E-state index contributed by atoms with van der Waals surface area (Å²) in [5.74, 6) is -2.35. The molecule has 0 amide bonds. The molecule has 5 rings (SSSR count). The van der Waals surface area contributed by atoms with E-state index in [1.54, 1.807) is 6.92 Å². The molecular weight excluding hydrogens is 468 g/mol. The molecule has 5 aliphatic rings. The molecule has 36 heavy (non-hydrogen) atoms. The van der Waals surface area contributed by atoms with Gasteiger partial charge < -0.3 is 34.6 Å². The van der Waals surface area contributed by atoms with Crippen molar-refractivity contribution in [2.24, 2.45) is 45.8 Å². The standard InChI is InChI=1S/C27H40O9/c1-12(2)18-8-15-9-26(23(30)31)17-7-6-13(3)16(17)10-25(15,27(18,26)24(32)33)11-35-22-20(29)19(28)21(34-5)14(4)36-22/h8,12-17,19-22,28-29H,6-7,9-11H2,1-5H3,(H,30,31)(H,32,33)/t13-,14-,15+,16-,17-,19+,20+,21-,22-,25+,26-,27-/m1/s1. The highest BCUT2D eigenvalue weighted by molar-refractivity contribution is 5.94. The van der Waals surface area contributed by atoms with Gasteiger partial charge in [0.15, 0.2) is 6.29 Å². The van der Waals surface area contributed by atoms with Crippen LogP contribution >= 0.6 is 0 Å². The minimum Gasteiger partial charge on any atom is -0.481 e. The Morgan fingerprint density at radius 2 is 1.81 bits per heavy atom. The molecule has 0 radical (unpaired) electrons. The van der Waals surface area contributed by atoms with Crippen LogP contribution in [0.1, 0.15) is 53.4 Å². The number of carboxylic acid groups (broad SMARTS) is 2. The summed E-state index contributed by atoms with van der Waals surface area (Å²) in [6.45, 7) is 7.66. The van der Waals surface area contributed by atoms with Crippen molar-refractivity contribution in [1.29, 1.82) is 0 Å². The summed E-state index contributed by atoms with van der Waals surface area (Å²) in [7, 11) is 1.43. The van der Waals surface area contributed by atoms with E-state index in [4.69, 9.17) is 14.2 Å². The van der Waals surface area contributed by atoms with E-state index in [-0.39, 0.29) is 36.7 Å². The number of ether oxygens (including phenoxy) is 3. The van der Waals surface area contributed by atoms with Crippen molar-refractivity contribution in [2.75, 3.05) is 13.7 Å². The van der Waals surface area contributed by atoms with Crippen molar-refractivity contribution in [3.8, 4) is 0 Å². The summed E-state index contributed by atoms with van der Waals surface area (Å²) >= 11 is 0. The number of methoxy groups -OCH3 is 1. The first-order valence-corrected chi connectivity index (χ1v) is 13.3. The van der Waals surface area contributed by atoms with Gasteiger partial charge >= 0.3 is 11.9 Å². The first kappa shape index (κ1) is 26.1. The van der Waals surface area contributed by atoms with Crippen LogP contribution in [-0.4, -0.2) is 76.8 Å². The van der Waals surface area contributed by atoms with Crippen molar-refractivity contribution < 1.29 is 44.2 Å². The summed E-state index contributed by atoms with van der Waals surface area (Å²) < 4.78 is 17.3. The quantitative estimate of drug-likeness (QED) is 0.381. The van der Waals surface area contributed by atoms with Gasteiger partial charge in [-0.05, 0) is 55.8 Å². The lowest BCUT2D eigenvalue weighted by Gasteiger charge is -2.58. The van der Waals surface area contributed by atoms with E-state index in [0.29, 0.717) is 17.9 Å². The zero-order valence-corrected chi connectivity index (χ0v) is 21.7. The fourth-order valence-electron chi connectivity index (χ4n) is 9.44. The Morgan fingerprint density at radius 1 is 1.11 bits per heavy atom. The van der Waals surface area contributed by atoms with Gasteiger partial charge in [-0.2, -0.15) is 0 Å². The maximum atomic E-state index is 13.5. The van der Waals surface area contributed by atoms with Gasteiger partial charge in [0.05, 0.1) is 18.1 Å². The SMILES string of the molecule is CO[C@H]1[C@@H](O)[C@H](O)[C@H](OC[C@@]23C[C@@H]4[C@H](C)CC[C@H]4[C@@]4(C(=O)O)C[C@@H]2C=C(C(C)C)[C@@]34C(=O)O)O[C@@H]1C. The number of aliphatic carboxylic acids is 2. The highest BCUT2D eigenvalue weighted by Crippen LogP contribution is 2.83. The Labute approximate surface area is 211 Å². The van der Waals surface area contributed by atoms with Crippen LogP contribution in [0.4, 0.5) is 0 Å². The van der Waals surface area contributed by atoms with Crippen LogP contribution in [0.5, 0.6) is 0 Å². The minimum absolute atomic E-state index is 0.0690. The van der Waals surface area contributed by atoms with Gasteiger partial charge in [0, 0.05) is 12.5 Å². The summed E-state index contributed by atoms with van der Waals surface area (Å²) in [6.07, 6.45) is -0.626. The molecule has 0 unspecified atom stereocenters. The predicted molar refractivity (Wildman–Crippen MR) is 127 cm³/mol. The van der Waals surface area contributed by atoms with E-state index in [1.165, 1.54) is 7.11 Å². The third kappa shape index (κ3) is 2.89. The lowest BCUT2D eigenvalue weighted by atomic mass is 9.42. The van der Waals surface area contributed by atoms with Gasteiger partial charge in [0.2, 0.25) is 0 Å². The fourth-order valence-corrected chi connectivity index (χ4v) is 9.44. The van der Waals surface area contributed by atoms with E-state index in [0.717, 1.165) is 12.8 Å². The highest BCUT2D eigenvalue weighted by atomic mass is 16.7. The van der Waals surface area contributed by atoms with Crippen molar-refractivity contribution >= 4 is 11.9 Å². The minimum atomic E-state index is -1.60. The van der Waals surface area contributed by atoms with Gasteiger partial charge in [0.25, 0.3) is 0 Å². The summed E-state index contributed by atoms with van der Waals surface area (Å²) in [6, 6.07) is 0. The lowest BCUT2D eigenvalue weighted by Crippen LogP contribution is -2.66. The van der Waals surface area contributed by atoms with E-state index in [1.807, 2.05) is 19.9 Å². The van der Waals surface area contributed by atoms with Crippen LogP contribution in [0.2, 0.25) is 0 Å². The monoisotopic (exact) mass is 508 g/mol. The molecule has 0 spiro atoms. The molecule has 0 aromatic rings. The molecule has 202 valence electrons. The topological polar surface area (TPSA) is 143 Å². The number of aliphatic hydroxyl groups is 2. The molecule has 3 saturated carbocycles. The highest BCUT2D eigenvalue weighted by Gasteiger charge is 2.86. The molecular formula is C27H40O9. The molecule has 0 aromatic heterocycles. The first-order valence-electron chi connectivity index (χ1n) is 13.3. The van der Waals surface area contributed by atoms with Gasteiger partial charge in [-0.25, -0.2) is 0 Å². The summed E-state index contributed by atoms with van der Waals surface area (Å²) in [4.78, 5) is 26.8. The number of allylic oxidation sites excluding steroid dienone is 1. The van der Waals surface area contributed by atoms with Crippen molar-refractivity contribution in [3.05, 3.63) is 11.6 Å². The number of carbonyl (C=O) groups is 2. The molecule has 9 nitrogen and oxygen atoms in total. The Kier molecular flexibility index (Phi) is 6.16. The average molecular weight is 509 g/mol. The van der Waals surface area contributed by atoms with Crippen molar-refractivity contribution in [3.63, 3.8) is 0 Å². The Balaban J connectivity index is 1.59. The maximum Gasteiger partial charge on any atom is 0.315 e. The van der Waals surface area contributed by atoms with Gasteiger partial charge in [0.1, 0.15) is 23.7 Å². The van der Waals surface area contributed by atoms with Gasteiger partial charge in [-0.3, -0.25) is 9.59 Å². The largest absolute Gasteiger partial charge is 0.481 e. The zero-order chi connectivity index (χ0) is 26.4. The summed E-state index contributed by atoms with van der Waals surface area (Å²) in [5, 5.41) is 43.2. The number of rotatable bonds is 7. The number of hydrogen-bond donors (Lipinski definition) is 4. The number of hydrogen-bond acceptors (Lipinski definition) is 7. The van der Waals surface area contributed by atoms with E-state index in [9.17, 15) is 30.0 Å². The van der Waals surface area contributed by atoms with E-state index >= 15 is 0 Å². The zero-order valence-electron chi connectivity index (χ0n) is 21.7. The summed E-state index contributed by atoms with van der Waals surface area (Å²) in [5.41, 5.74) is -3.30. The Bertz CT molecular complexity index is 963. The molecule has 4 aliphatic carbocycles. The molecule has 0 aromatic carbocycles. The average Bonchev–Trinajstić information content (AvgIpc) is 3.38. The second-order valence-corrected chi connectivity index (χ2v) is 12.3. The molecule has 4 fully saturated rings. The third-order valence-electron chi connectivity index (χ3n) is 10.8. The van der Waals surface area contributed by atoms with Crippen LogP contribution in [-0.2, 0) is 23.8 Å². The maximum absolute atomic E-state index is 13.5. The Morgan fingerprint density at radius 3 is 2.39 bits per heavy atom. The molecule has 4 bridgehead atoms. The number of aliphatic hydroxyl groups excluding tert-OH is 2. The molecule has 1 saturated heterocycles. The molecule has 1 aliphatic heterocycles. The normalized spacial score (nSPS) is 51.3. The van der Waals surface area contributed by atoms with Crippen LogP contribution in [0.15, 0.2) is 11.6 Å². The van der Waals surface area contributed by atoms with Crippen molar-refractivity contribution in [1.82, 2.24) is 0 Å². The smallest absolute Gasteiger partial charge is 0.315 e. The van der Waals surface area contributed by atoms with Gasteiger partial charge in [-0.15, -0.1) is 0 Å². The molecule has 1 heterocycles. The lowest BCUT2D eigenvalue weighted by molar-refractivity contribution is -0.307. The van der Waals surface area contributed by atoms with Crippen LogP contribution in [0.3, 0.4) is 0 Å². The van der Waals surface area contributed by atoms with Crippen LogP contribution in [0.25, 0.3) is 0 Å². The Hall–Kier alpha value is -1.52. The molecule has 9 heteroatoms. The van der Waals surface area contributed by atoms with Crippen LogP contribution in [0, 0.1) is 45.8 Å². The number of fused-ring (bicyclic) bond motifs is 2. The first-order chi connectivity index (χ1) is 16.9. The van der Waals surface area contributed by atoms with E-state index < -0.39 is 58.9 Å². The number of carboxylic acids is 2. The second-order valence-electron chi connectivity index (χ2n) is 12.3.